The molecule has 0 bridgehead atoms. The molecule has 1 aromatic carbocycles. The molecule has 3 rings (SSSR count). The molecule has 0 aliphatic heterocycles. The zero-order chi connectivity index (χ0) is 20.3. The highest BCUT2D eigenvalue weighted by molar-refractivity contribution is 5.73. The van der Waals surface area contributed by atoms with E-state index in [0.717, 1.165) is 35.2 Å². The van der Waals surface area contributed by atoms with Crippen molar-refractivity contribution >= 4 is 6.09 Å². The molecule has 0 spiro atoms. The van der Waals surface area contributed by atoms with Gasteiger partial charge < -0.3 is 15.0 Å². The third-order valence-electron chi connectivity index (χ3n) is 4.82. The average molecular weight is 392 g/mol. The second kappa shape index (κ2) is 11.1. The summed E-state index contributed by atoms with van der Waals surface area (Å²) in [4.78, 5) is 19.6. The molecule has 5 nitrogen and oxygen atoms in total. The SMILES string of the molecule is CCCCCCCCNC(=O)Oc1cccc(-c2cncc(-c3ccc[nH]3)c2)c1. The second-order valence-corrected chi connectivity index (χ2v) is 7.16. The normalized spacial score (nSPS) is 10.7. The van der Waals surface area contributed by atoms with Gasteiger partial charge in [0, 0.05) is 42.0 Å². The summed E-state index contributed by atoms with van der Waals surface area (Å²) in [5, 5.41) is 2.83. The lowest BCUT2D eigenvalue weighted by Gasteiger charge is -2.09. The van der Waals surface area contributed by atoms with Gasteiger partial charge in [0.25, 0.3) is 0 Å². The van der Waals surface area contributed by atoms with E-state index < -0.39 is 6.09 Å². The van der Waals surface area contributed by atoms with Crippen molar-refractivity contribution < 1.29 is 9.53 Å². The molecule has 5 heteroatoms. The van der Waals surface area contributed by atoms with Gasteiger partial charge in [-0.1, -0.05) is 51.2 Å². The lowest BCUT2D eigenvalue weighted by atomic mass is 10.0. The van der Waals surface area contributed by atoms with Crippen LogP contribution in [-0.4, -0.2) is 22.6 Å². The summed E-state index contributed by atoms with van der Waals surface area (Å²) in [7, 11) is 0. The number of pyridine rings is 1. The van der Waals surface area contributed by atoms with Crippen LogP contribution in [0.1, 0.15) is 45.4 Å². The van der Waals surface area contributed by atoms with Gasteiger partial charge in [-0.25, -0.2) is 4.79 Å². The first-order valence-corrected chi connectivity index (χ1v) is 10.4. The van der Waals surface area contributed by atoms with Crippen LogP contribution in [0.25, 0.3) is 22.4 Å². The summed E-state index contributed by atoms with van der Waals surface area (Å²) < 4.78 is 5.45. The van der Waals surface area contributed by atoms with Gasteiger partial charge in [-0.05, 0) is 42.3 Å². The van der Waals surface area contributed by atoms with Crippen LogP contribution in [0.3, 0.4) is 0 Å². The lowest BCUT2D eigenvalue weighted by molar-refractivity contribution is 0.200. The summed E-state index contributed by atoms with van der Waals surface area (Å²) in [6.45, 7) is 2.86. The first-order valence-electron chi connectivity index (χ1n) is 10.4. The highest BCUT2D eigenvalue weighted by Gasteiger charge is 2.07. The van der Waals surface area contributed by atoms with Crippen molar-refractivity contribution in [2.24, 2.45) is 0 Å². The molecule has 0 saturated carbocycles. The van der Waals surface area contributed by atoms with Crippen molar-refractivity contribution in [1.82, 2.24) is 15.3 Å². The number of benzene rings is 1. The number of aromatic nitrogens is 2. The van der Waals surface area contributed by atoms with Crippen LogP contribution < -0.4 is 10.1 Å². The maximum absolute atomic E-state index is 12.1. The van der Waals surface area contributed by atoms with E-state index in [2.05, 4.69) is 28.3 Å². The molecule has 0 aliphatic rings. The Hall–Kier alpha value is -3.08. The molecule has 0 unspecified atom stereocenters. The van der Waals surface area contributed by atoms with E-state index in [9.17, 15) is 4.79 Å². The van der Waals surface area contributed by atoms with Crippen LogP contribution >= 0.6 is 0 Å². The zero-order valence-corrected chi connectivity index (χ0v) is 17.0. The van der Waals surface area contributed by atoms with Gasteiger partial charge in [-0.2, -0.15) is 0 Å². The summed E-state index contributed by atoms with van der Waals surface area (Å²) in [5.74, 6) is 0.522. The van der Waals surface area contributed by atoms with Crippen LogP contribution in [0.4, 0.5) is 4.79 Å². The molecule has 1 amide bonds. The van der Waals surface area contributed by atoms with Gasteiger partial charge in [0.05, 0.1) is 0 Å². The van der Waals surface area contributed by atoms with Gasteiger partial charge in [0.1, 0.15) is 5.75 Å². The van der Waals surface area contributed by atoms with E-state index in [0.29, 0.717) is 12.3 Å². The third kappa shape index (κ3) is 6.49. The number of carbonyl (C=O) groups is 1. The fourth-order valence-electron chi connectivity index (χ4n) is 3.23. The first-order chi connectivity index (χ1) is 14.3. The predicted molar refractivity (Wildman–Crippen MR) is 117 cm³/mol. The van der Waals surface area contributed by atoms with E-state index >= 15 is 0 Å². The molecular weight excluding hydrogens is 362 g/mol. The highest BCUT2D eigenvalue weighted by Crippen LogP contribution is 2.27. The number of carbonyl (C=O) groups excluding carboxylic acids is 1. The molecule has 3 aromatic rings. The number of amides is 1. The van der Waals surface area contributed by atoms with Gasteiger partial charge >= 0.3 is 6.09 Å². The van der Waals surface area contributed by atoms with Crippen molar-refractivity contribution in [3.63, 3.8) is 0 Å². The number of hydrogen-bond donors (Lipinski definition) is 2. The Kier molecular flexibility index (Phi) is 7.87. The Morgan fingerprint density at radius 1 is 0.966 bits per heavy atom. The Morgan fingerprint density at radius 2 is 1.79 bits per heavy atom. The minimum atomic E-state index is -0.408. The summed E-state index contributed by atoms with van der Waals surface area (Å²) in [6.07, 6.45) is 12.3. The predicted octanol–water partition coefficient (Wildman–Crippen LogP) is 6.19. The molecule has 2 N–H and O–H groups in total. The van der Waals surface area contributed by atoms with Crippen molar-refractivity contribution in [2.45, 2.75) is 45.4 Å². The van der Waals surface area contributed by atoms with Crippen molar-refractivity contribution in [3.05, 3.63) is 61.1 Å². The van der Waals surface area contributed by atoms with Crippen molar-refractivity contribution in [2.75, 3.05) is 6.54 Å². The van der Waals surface area contributed by atoms with E-state index in [1.165, 1.54) is 25.7 Å². The third-order valence-corrected chi connectivity index (χ3v) is 4.82. The fraction of sp³-hybridized carbons (Fsp3) is 0.333. The number of H-pyrrole nitrogens is 1. The summed E-state index contributed by atoms with van der Waals surface area (Å²) in [6, 6.07) is 13.5. The topological polar surface area (TPSA) is 67.0 Å². The van der Waals surface area contributed by atoms with Gasteiger partial charge in [-0.3, -0.25) is 4.98 Å². The largest absolute Gasteiger partial charge is 0.412 e. The molecule has 29 heavy (non-hydrogen) atoms. The standard InChI is InChI=1S/C24H29N3O2/c1-2-3-4-5-6-7-13-27-24(28)29-22-11-8-10-19(16-22)20-15-21(18-25-17-20)23-12-9-14-26-23/h8-12,14-18,26H,2-7,13H2,1H3,(H,27,28). The summed E-state index contributed by atoms with van der Waals surface area (Å²) in [5.41, 5.74) is 3.94. The Balaban J connectivity index is 1.53. The van der Waals surface area contributed by atoms with Crippen molar-refractivity contribution in [1.29, 1.82) is 0 Å². The molecule has 0 saturated heterocycles. The fourth-order valence-corrected chi connectivity index (χ4v) is 3.23. The van der Waals surface area contributed by atoms with Crippen LogP contribution in [0.2, 0.25) is 0 Å². The Labute approximate surface area is 172 Å². The second-order valence-electron chi connectivity index (χ2n) is 7.16. The zero-order valence-electron chi connectivity index (χ0n) is 17.0. The van der Waals surface area contributed by atoms with Crippen LogP contribution in [0.15, 0.2) is 61.1 Å². The Morgan fingerprint density at radius 3 is 2.62 bits per heavy atom. The number of nitrogens with zero attached hydrogens (tertiary/aromatic N) is 1. The minimum absolute atomic E-state index is 0.408. The van der Waals surface area contributed by atoms with Crippen molar-refractivity contribution in [3.8, 4) is 28.1 Å². The lowest BCUT2D eigenvalue weighted by Crippen LogP contribution is -2.27. The van der Waals surface area contributed by atoms with Gasteiger partial charge in [-0.15, -0.1) is 0 Å². The highest BCUT2D eigenvalue weighted by atomic mass is 16.6. The first kappa shape index (κ1) is 20.6. The van der Waals surface area contributed by atoms with Crippen LogP contribution in [-0.2, 0) is 0 Å². The van der Waals surface area contributed by atoms with Crippen LogP contribution in [0.5, 0.6) is 5.75 Å². The number of rotatable bonds is 10. The molecule has 152 valence electrons. The maximum Gasteiger partial charge on any atom is 0.412 e. The quantitative estimate of drug-likeness (QED) is 0.405. The number of ether oxygens (including phenoxy) is 1. The number of unbranched alkanes of at least 4 members (excludes halogenated alkanes) is 5. The van der Waals surface area contributed by atoms with E-state index in [1.807, 2.05) is 48.9 Å². The molecule has 0 aliphatic carbocycles. The van der Waals surface area contributed by atoms with E-state index in [-0.39, 0.29) is 0 Å². The molecule has 0 atom stereocenters. The molecule has 2 heterocycles. The van der Waals surface area contributed by atoms with E-state index in [4.69, 9.17) is 4.74 Å². The average Bonchev–Trinajstić information content (AvgIpc) is 3.28. The number of aromatic amines is 1. The number of hydrogen-bond acceptors (Lipinski definition) is 3. The smallest absolute Gasteiger partial charge is 0.410 e. The molecule has 0 fully saturated rings. The minimum Gasteiger partial charge on any atom is -0.410 e. The van der Waals surface area contributed by atoms with Gasteiger partial charge in [0.15, 0.2) is 0 Å². The number of nitrogens with one attached hydrogen (secondary N) is 2. The van der Waals surface area contributed by atoms with Gasteiger partial charge in [0.2, 0.25) is 0 Å². The molecule has 0 radical (unpaired) electrons. The molecular formula is C24H29N3O2. The summed E-state index contributed by atoms with van der Waals surface area (Å²) >= 11 is 0. The van der Waals surface area contributed by atoms with Crippen LogP contribution in [0, 0.1) is 0 Å². The monoisotopic (exact) mass is 391 g/mol. The maximum atomic E-state index is 12.1. The Bertz CT molecular complexity index is 891. The van der Waals surface area contributed by atoms with E-state index in [1.54, 1.807) is 6.07 Å². The molecule has 2 aromatic heterocycles.